The summed E-state index contributed by atoms with van der Waals surface area (Å²) in [5, 5.41) is 0.133. The van der Waals surface area contributed by atoms with Crippen molar-refractivity contribution in [2.24, 2.45) is 0 Å². The molecule has 0 radical (unpaired) electrons. The molecule has 2 aromatic rings. The first kappa shape index (κ1) is 15.0. The topological polar surface area (TPSA) is 54.7 Å². The molecule has 0 saturated heterocycles. The number of aromatic nitrogens is 2. The zero-order chi connectivity index (χ0) is 15.1. The summed E-state index contributed by atoms with van der Waals surface area (Å²) in [6.07, 6.45) is 2.88. The Morgan fingerprint density at radius 2 is 1.95 bits per heavy atom. The summed E-state index contributed by atoms with van der Waals surface area (Å²) in [4.78, 5) is 4.39. The molecule has 110 valence electrons. The van der Waals surface area contributed by atoms with Crippen molar-refractivity contribution in [3.8, 4) is 0 Å². The van der Waals surface area contributed by atoms with Crippen molar-refractivity contribution in [1.29, 1.82) is 0 Å². The zero-order valence-corrected chi connectivity index (χ0v) is 13.4. The van der Waals surface area contributed by atoms with Crippen LogP contribution < -0.4 is 0 Å². The van der Waals surface area contributed by atoms with Gasteiger partial charge in [-0.05, 0) is 18.1 Å². The molecule has 0 spiro atoms. The van der Waals surface area contributed by atoms with Crippen LogP contribution in [0.4, 0.5) is 0 Å². The molecule has 0 aliphatic rings. The molecule has 6 heteroatoms. The van der Waals surface area contributed by atoms with Gasteiger partial charge in [0.2, 0.25) is 0 Å². The molecule has 20 heavy (non-hydrogen) atoms. The molecule has 2 rings (SSSR count). The summed E-state index contributed by atoms with van der Waals surface area (Å²) in [5.74, 6) is 0.927. The minimum absolute atomic E-state index is 0.133. The quantitative estimate of drug-likeness (QED) is 0.869. The van der Waals surface area contributed by atoms with Crippen molar-refractivity contribution in [2.75, 3.05) is 14.1 Å². The van der Waals surface area contributed by atoms with E-state index in [-0.39, 0.29) is 10.9 Å². The van der Waals surface area contributed by atoms with Crippen LogP contribution in [0.5, 0.6) is 0 Å². The molecular weight excluding hydrogens is 274 g/mol. The lowest BCUT2D eigenvalue weighted by atomic mass is 10.2. The van der Waals surface area contributed by atoms with Gasteiger partial charge >= 0.3 is 0 Å². The molecular formula is C14H21N3O2S. The third kappa shape index (κ3) is 2.33. The minimum Gasteiger partial charge on any atom is -0.302 e. The lowest BCUT2D eigenvalue weighted by Gasteiger charge is -2.09. The van der Waals surface area contributed by atoms with E-state index >= 15 is 0 Å². The van der Waals surface area contributed by atoms with Crippen LogP contribution in [0.2, 0.25) is 0 Å². The van der Waals surface area contributed by atoms with E-state index in [0.29, 0.717) is 5.52 Å². The Bertz CT molecular complexity index is 730. The summed E-state index contributed by atoms with van der Waals surface area (Å²) in [6.45, 7) is 6.10. The Morgan fingerprint density at radius 1 is 1.30 bits per heavy atom. The van der Waals surface area contributed by atoms with E-state index in [2.05, 4.69) is 11.9 Å². The average molecular weight is 295 g/mol. The fourth-order valence-electron chi connectivity index (χ4n) is 2.10. The standard InChI is InChI=1S/C14H21N3O2S/c1-6-11-7-8-12-14(20(18,19)16(4)5)15-13(10(2)3)17(12)9-11/h7-10H,6H2,1-5H3. The molecule has 0 amide bonds. The molecule has 0 atom stereocenters. The fraction of sp³-hybridized carbons (Fsp3) is 0.500. The number of rotatable bonds is 4. The van der Waals surface area contributed by atoms with Crippen LogP contribution in [0.3, 0.4) is 0 Å². The molecule has 2 heterocycles. The fourth-order valence-corrected chi connectivity index (χ4v) is 3.09. The second-order valence-electron chi connectivity index (χ2n) is 5.36. The van der Waals surface area contributed by atoms with Gasteiger partial charge < -0.3 is 4.40 Å². The van der Waals surface area contributed by atoms with Crippen LogP contribution in [0.1, 0.15) is 38.1 Å². The highest BCUT2D eigenvalue weighted by molar-refractivity contribution is 7.89. The maximum Gasteiger partial charge on any atom is 0.262 e. The molecule has 2 aromatic heterocycles. The summed E-state index contributed by atoms with van der Waals surface area (Å²) >= 11 is 0. The number of pyridine rings is 1. The minimum atomic E-state index is -3.53. The van der Waals surface area contributed by atoms with Crippen molar-refractivity contribution in [3.05, 3.63) is 29.7 Å². The van der Waals surface area contributed by atoms with Gasteiger partial charge in [0.25, 0.3) is 10.0 Å². The second kappa shape index (κ2) is 5.18. The van der Waals surface area contributed by atoms with Gasteiger partial charge in [-0.3, -0.25) is 0 Å². The van der Waals surface area contributed by atoms with Gasteiger partial charge in [0.05, 0.1) is 5.52 Å². The predicted molar refractivity (Wildman–Crippen MR) is 79.5 cm³/mol. The normalized spacial score (nSPS) is 12.8. The summed E-state index contributed by atoms with van der Waals surface area (Å²) < 4.78 is 27.9. The lowest BCUT2D eigenvalue weighted by molar-refractivity contribution is 0.518. The molecule has 0 saturated carbocycles. The predicted octanol–water partition coefficient (Wildman–Crippen LogP) is 2.27. The van der Waals surface area contributed by atoms with Crippen molar-refractivity contribution < 1.29 is 8.42 Å². The third-order valence-electron chi connectivity index (χ3n) is 3.34. The highest BCUT2D eigenvalue weighted by Crippen LogP contribution is 2.25. The van der Waals surface area contributed by atoms with E-state index in [9.17, 15) is 8.42 Å². The highest BCUT2D eigenvalue weighted by atomic mass is 32.2. The molecule has 0 bridgehead atoms. The molecule has 0 fully saturated rings. The van der Waals surface area contributed by atoms with Crippen LogP contribution in [-0.2, 0) is 16.4 Å². The van der Waals surface area contributed by atoms with Crippen molar-refractivity contribution in [3.63, 3.8) is 0 Å². The number of aryl methyl sites for hydroxylation is 1. The van der Waals surface area contributed by atoms with E-state index in [1.807, 2.05) is 36.6 Å². The number of hydrogen-bond donors (Lipinski definition) is 0. The second-order valence-corrected chi connectivity index (χ2v) is 7.43. The smallest absolute Gasteiger partial charge is 0.262 e. The third-order valence-corrected chi connectivity index (χ3v) is 5.09. The van der Waals surface area contributed by atoms with Gasteiger partial charge in [0.1, 0.15) is 5.82 Å². The summed E-state index contributed by atoms with van der Waals surface area (Å²) in [5.41, 5.74) is 1.80. The molecule has 0 unspecified atom stereocenters. The Kier molecular flexibility index (Phi) is 3.88. The molecule has 0 aromatic carbocycles. The Labute approximate surface area is 120 Å². The molecule has 0 aliphatic carbocycles. The molecule has 5 nitrogen and oxygen atoms in total. The van der Waals surface area contributed by atoms with Gasteiger partial charge in [-0.15, -0.1) is 0 Å². The lowest BCUT2D eigenvalue weighted by Crippen LogP contribution is -2.22. The van der Waals surface area contributed by atoms with E-state index in [4.69, 9.17) is 0 Å². The van der Waals surface area contributed by atoms with E-state index in [1.165, 1.54) is 18.4 Å². The zero-order valence-electron chi connectivity index (χ0n) is 12.6. The summed E-state index contributed by atoms with van der Waals surface area (Å²) in [7, 11) is -0.487. The van der Waals surface area contributed by atoms with E-state index < -0.39 is 10.0 Å². The van der Waals surface area contributed by atoms with Gasteiger partial charge in [-0.2, -0.15) is 0 Å². The first-order valence-electron chi connectivity index (χ1n) is 6.72. The first-order valence-corrected chi connectivity index (χ1v) is 8.16. The van der Waals surface area contributed by atoms with Crippen molar-refractivity contribution in [1.82, 2.24) is 13.7 Å². The number of fused-ring (bicyclic) bond motifs is 1. The SMILES string of the molecule is CCc1ccc2c(S(=O)(=O)N(C)C)nc(C(C)C)n2c1. The van der Waals surface area contributed by atoms with Gasteiger partial charge in [-0.25, -0.2) is 17.7 Å². The van der Waals surface area contributed by atoms with E-state index in [0.717, 1.165) is 17.8 Å². The maximum absolute atomic E-state index is 12.4. The van der Waals surface area contributed by atoms with Crippen molar-refractivity contribution >= 4 is 15.5 Å². The van der Waals surface area contributed by atoms with Crippen LogP contribution in [-0.4, -0.2) is 36.2 Å². The van der Waals surface area contributed by atoms with Gasteiger partial charge in [0.15, 0.2) is 5.03 Å². The van der Waals surface area contributed by atoms with Gasteiger partial charge in [0, 0.05) is 26.2 Å². The van der Waals surface area contributed by atoms with Crippen LogP contribution >= 0.6 is 0 Å². The van der Waals surface area contributed by atoms with Gasteiger partial charge in [-0.1, -0.05) is 26.8 Å². The van der Waals surface area contributed by atoms with E-state index in [1.54, 1.807) is 0 Å². The van der Waals surface area contributed by atoms with Crippen molar-refractivity contribution in [2.45, 2.75) is 38.1 Å². The largest absolute Gasteiger partial charge is 0.302 e. The highest BCUT2D eigenvalue weighted by Gasteiger charge is 2.26. The summed E-state index contributed by atoms with van der Waals surface area (Å²) in [6, 6.07) is 3.80. The average Bonchev–Trinajstić information content (AvgIpc) is 2.77. The Hall–Kier alpha value is -1.40. The number of nitrogens with zero attached hydrogens (tertiary/aromatic N) is 3. The maximum atomic E-state index is 12.4. The number of imidazole rings is 1. The van der Waals surface area contributed by atoms with Crippen LogP contribution in [0.25, 0.3) is 5.52 Å². The van der Waals surface area contributed by atoms with Crippen LogP contribution in [0, 0.1) is 0 Å². The monoisotopic (exact) mass is 295 g/mol. The molecule has 0 aliphatic heterocycles. The number of hydrogen-bond acceptors (Lipinski definition) is 3. The Balaban J connectivity index is 2.82. The molecule has 0 N–H and O–H groups in total. The first-order chi connectivity index (χ1) is 9.28. The van der Waals surface area contributed by atoms with Crippen LogP contribution in [0.15, 0.2) is 23.4 Å². The Morgan fingerprint density at radius 3 is 2.45 bits per heavy atom. The number of sulfonamides is 1.